The molecule has 202 valence electrons. The first-order valence-corrected chi connectivity index (χ1v) is 15.7. The van der Waals surface area contributed by atoms with Gasteiger partial charge < -0.3 is 0 Å². The van der Waals surface area contributed by atoms with E-state index in [1.165, 1.54) is 33.4 Å². The van der Waals surface area contributed by atoms with Crippen molar-refractivity contribution >= 4 is 23.5 Å². The van der Waals surface area contributed by atoms with Crippen LogP contribution in [0, 0.1) is 10.5 Å². The maximum Gasteiger partial charge on any atom is 0.103 e. The van der Waals surface area contributed by atoms with Crippen LogP contribution in [0.2, 0.25) is 0 Å². The number of hydrogen-bond acceptors (Lipinski definition) is 2. The van der Waals surface area contributed by atoms with Gasteiger partial charge in [-0.1, -0.05) is 206 Å². The Morgan fingerprint density at radius 3 is 0.595 bits per heavy atom. The molecule has 0 bridgehead atoms. The van der Waals surface area contributed by atoms with E-state index in [0.29, 0.717) is 0 Å². The molecule has 0 N–H and O–H groups in total. The molecule has 6 aromatic rings. The van der Waals surface area contributed by atoms with E-state index in [4.69, 9.17) is 0 Å². The molecular formula is C40H30S2. The van der Waals surface area contributed by atoms with Crippen molar-refractivity contribution < 1.29 is 0 Å². The summed E-state index contributed by atoms with van der Waals surface area (Å²) >= 11 is 3.35. The van der Waals surface area contributed by atoms with Crippen molar-refractivity contribution in [2.24, 2.45) is 0 Å². The van der Waals surface area contributed by atoms with Gasteiger partial charge in [-0.25, -0.2) is 0 Å². The third-order valence-electron chi connectivity index (χ3n) is 7.53. The van der Waals surface area contributed by atoms with Crippen LogP contribution < -0.4 is 0 Å². The molecule has 0 heterocycles. The largest absolute Gasteiger partial charge is 0.103 e. The van der Waals surface area contributed by atoms with Crippen LogP contribution in [0.3, 0.4) is 0 Å². The molecule has 42 heavy (non-hydrogen) atoms. The average Bonchev–Trinajstić information content (AvgIpc) is 3.09. The fraction of sp³-hybridized carbons (Fsp3) is 0.0500. The molecule has 0 amide bonds. The summed E-state index contributed by atoms with van der Waals surface area (Å²) in [6, 6.07) is 64.4. The Morgan fingerprint density at radius 1 is 0.262 bits per heavy atom. The van der Waals surface area contributed by atoms with Crippen molar-refractivity contribution in [1.82, 2.24) is 0 Å². The molecule has 0 nitrogen and oxygen atoms in total. The van der Waals surface area contributed by atoms with E-state index in [9.17, 15) is 0 Å². The van der Waals surface area contributed by atoms with Gasteiger partial charge in [0, 0.05) is 0 Å². The van der Waals surface area contributed by atoms with E-state index in [0.717, 1.165) is 0 Å². The van der Waals surface area contributed by atoms with Crippen molar-refractivity contribution in [3.05, 3.63) is 215 Å². The summed E-state index contributed by atoms with van der Waals surface area (Å²) in [5.41, 5.74) is 7.21. The summed E-state index contributed by atoms with van der Waals surface area (Å²) in [5, 5.41) is 7.23. The van der Waals surface area contributed by atoms with Crippen LogP contribution in [0.25, 0.3) is 0 Å². The minimum atomic E-state index is -0.494. The molecule has 0 saturated heterocycles. The average molecular weight is 575 g/mol. The zero-order valence-electron chi connectivity index (χ0n) is 23.1. The highest BCUT2D eigenvalue weighted by Crippen LogP contribution is 2.50. The fourth-order valence-electron chi connectivity index (χ4n) is 5.59. The summed E-state index contributed by atoms with van der Waals surface area (Å²) in [7, 11) is 0. The van der Waals surface area contributed by atoms with E-state index in [-0.39, 0.29) is 0 Å². The summed E-state index contributed by atoms with van der Waals surface area (Å²) in [4.78, 5) is 0. The number of thioether (sulfide) groups is 2. The molecule has 0 radical (unpaired) electrons. The van der Waals surface area contributed by atoms with Crippen LogP contribution in [0.1, 0.15) is 33.4 Å². The smallest absolute Gasteiger partial charge is 0.0622 e. The van der Waals surface area contributed by atoms with Crippen LogP contribution in [0.4, 0.5) is 0 Å². The minimum Gasteiger partial charge on any atom is -0.0622 e. The summed E-state index contributed by atoms with van der Waals surface area (Å²) < 4.78 is -0.988. The van der Waals surface area contributed by atoms with Crippen molar-refractivity contribution in [1.29, 1.82) is 0 Å². The summed E-state index contributed by atoms with van der Waals surface area (Å²) in [6.07, 6.45) is 0. The van der Waals surface area contributed by atoms with Gasteiger partial charge in [0.1, 0.15) is 9.49 Å². The lowest BCUT2D eigenvalue weighted by atomic mass is 9.84. The van der Waals surface area contributed by atoms with E-state index >= 15 is 0 Å². The predicted octanol–water partition coefficient (Wildman–Crippen LogP) is 10.4. The molecule has 0 unspecified atom stereocenters. The van der Waals surface area contributed by atoms with E-state index < -0.39 is 9.49 Å². The second kappa shape index (κ2) is 13.0. The first kappa shape index (κ1) is 27.7. The highest BCUT2D eigenvalue weighted by molar-refractivity contribution is 8.08. The molecule has 2 heteroatoms. The van der Waals surface area contributed by atoms with Crippen LogP contribution in [-0.4, -0.2) is 0 Å². The molecule has 0 aliphatic carbocycles. The normalized spacial score (nSPS) is 11.3. The van der Waals surface area contributed by atoms with Gasteiger partial charge in [0.15, 0.2) is 0 Å². The van der Waals surface area contributed by atoms with Crippen LogP contribution >= 0.6 is 23.5 Å². The van der Waals surface area contributed by atoms with Crippen LogP contribution in [0.15, 0.2) is 182 Å². The zero-order valence-corrected chi connectivity index (χ0v) is 24.8. The number of hydrogen-bond donors (Lipinski definition) is 0. The second-order valence-corrected chi connectivity index (χ2v) is 12.0. The Bertz CT molecular complexity index is 1420. The lowest BCUT2D eigenvalue weighted by molar-refractivity contribution is 0.900. The standard InChI is InChI=1S/C40H30S2/c1-7-19-33(20-8-1)39(34-21-9-2-10-22-34,35-23-11-3-12-24-35)41-31-32-42-40(36-25-13-4-14-26-36,37-27-15-5-16-28-37)38-29-17-6-18-30-38/h1-30H. The van der Waals surface area contributed by atoms with Crippen LogP contribution in [0.5, 0.6) is 0 Å². The van der Waals surface area contributed by atoms with Gasteiger partial charge in [-0.3, -0.25) is 0 Å². The SMILES string of the molecule is C(#CSC(c1ccccc1)(c1ccccc1)c1ccccc1)SC(c1ccccc1)(c1ccccc1)c1ccccc1. The summed E-state index contributed by atoms with van der Waals surface area (Å²) in [5.74, 6) is 0. The summed E-state index contributed by atoms with van der Waals surface area (Å²) in [6.45, 7) is 0. The highest BCUT2D eigenvalue weighted by atomic mass is 32.2. The van der Waals surface area contributed by atoms with E-state index in [1.807, 2.05) is 0 Å². The van der Waals surface area contributed by atoms with Gasteiger partial charge in [0.25, 0.3) is 0 Å². The van der Waals surface area contributed by atoms with Gasteiger partial charge in [0.2, 0.25) is 0 Å². The molecule has 0 aromatic heterocycles. The Kier molecular flexibility index (Phi) is 8.61. The molecule has 6 rings (SSSR count). The first-order chi connectivity index (χ1) is 20.8. The Hall–Kier alpha value is -4.42. The molecule has 0 spiro atoms. The Balaban J connectivity index is 1.50. The van der Waals surface area contributed by atoms with Gasteiger partial charge in [-0.15, -0.1) is 0 Å². The molecule has 0 saturated carbocycles. The molecular weight excluding hydrogens is 545 g/mol. The van der Waals surface area contributed by atoms with Crippen LogP contribution in [-0.2, 0) is 9.49 Å². The monoisotopic (exact) mass is 574 g/mol. The topological polar surface area (TPSA) is 0 Å². The van der Waals surface area contributed by atoms with Gasteiger partial charge in [-0.05, 0) is 43.9 Å². The lowest BCUT2D eigenvalue weighted by Gasteiger charge is -2.34. The number of benzene rings is 6. The molecule has 0 aliphatic heterocycles. The molecule has 0 aliphatic rings. The molecule has 0 fully saturated rings. The van der Waals surface area contributed by atoms with Crippen molar-refractivity contribution in [2.75, 3.05) is 0 Å². The van der Waals surface area contributed by atoms with Crippen molar-refractivity contribution in [3.8, 4) is 10.5 Å². The van der Waals surface area contributed by atoms with E-state index in [1.54, 1.807) is 23.5 Å². The first-order valence-electron chi connectivity index (χ1n) is 14.0. The third kappa shape index (κ3) is 5.42. The lowest BCUT2D eigenvalue weighted by Crippen LogP contribution is -2.25. The Labute approximate surface area is 257 Å². The number of rotatable bonds is 8. The third-order valence-corrected chi connectivity index (χ3v) is 10.1. The van der Waals surface area contributed by atoms with Gasteiger partial charge in [0.05, 0.1) is 0 Å². The predicted molar refractivity (Wildman–Crippen MR) is 181 cm³/mol. The van der Waals surface area contributed by atoms with Gasteiger partial charge >= 0.3 is 0 Å². The fourth-order valence-corrected chi connectivity index (χ4v) is 7.75. The second-order valence-electron chi connectivity index (χ2n) is 9.97. The molecule has 0 atom stereocenters. The molecule has 6 aromatic carbocycles. The van der Waals surface area contributed by atoms with Crippen molar-refractivity contribution in [2.45, 2.75) is 9.49 Å². The van der Waals surface area contributed by atoms with E-state index in [2.05, 4.69) is 192 Å². The van der Waals surface area contributed by atoms with Crippen molar-refractivity contribution in [3.63, 3.8) is 0 Å². The zero-order chi connectivity index (χ0) is 28.5. The highest BCUT2D eigenvalue weighted by Gasteiger charge is 2.38. The maximum atomic E-state index is 3.62. The van der Waals surface area contributed by atoms with Gasteiger partial charge in [-0.2, -0.15) is 0 Å². The maximum absolute atomic E-state index is 3.62. The quantitative estimate of drug-likeness (QED) is 0.131. The minimum absolute atomic E-state index is 0.494. The Morgan fingerprint density at radius 2 is 0.429 bits per heavy atom.